The highest BCUT2D eigenvalue weighted by atomic mass is 16.5. The molecule has 1 aliphatic heterocycles. The number of hydrogen-bond acceptors (Lipinski definition) is 7. The zero-order valence-corrected chi connectivity index (χ0v) is 25.5. The van der Waals surface area contributed by atoms with Gasteiger partial charge in [0.15, 0.2) is 11.5 Å². The maximum absolute atomic E-state index is 12.5. The van der Waals surface area contributed by atoms with Crippen molar-refractivity contribution < 1.29 is 14.3 Å². The van der Waals surface area contributed by atoms with E-state index in [9.17, 15) is 4.79 Å². The lowest BCUT2D eigenvalue weighted by Crippen LogP contribution is -2.41. The van der Waals surface area contributed by atoms with Crippen molar-refractivity contribution in [1.82, 2.24) is 15.2 Å². The molecule has 1 fully saturated rings. The molecule has 0 bridgehead atoms. The van der Waals surface area contributed by atoms with Crippen LogP contribution in [0.4, 0.5) is 11.4 Å². The van der Waals surface area contributed by atoms with Gasteiger partial charge in [0.2, 0.25) is 0 Å². The van der Waals surface area contributed by atoms with E-state index in [1.165, 1.54) is 22.9 Å². The number of pyridine rings is 1. The fraction of sp³-hybridized carbons (Fsp3) is 0.371. The highest BCUT2D eigenvalue weighted by Gasteiger charge is 2.21. The summed E-state index contributed by atoms with van der Waals surface area (Å²) in [5.41, 5.74) is 12.2. The number of fused-ring (bicyclic) bond motifs is 1. The summed E-state index contributed by atoms with van der Waals surface area (Å²) >= 11 is 0. The second-order valence-corrected chi connectivity index (χ2v) is 10.9. The van der Waals surface area contributed by atoms with E-state index in [1.54, 1.807) is 0 Å². The summed E-state index contributed by atoms with van der Waals surface area (Å²) in [5.74, 6) is 0.681. The van der Waals surface area contributed by atoms with E-state index < -0.39 is 5.91 Å². The molecule has 0 spiro atoms. The van der Waals surface area contributed by atoms with Gasteiger partial charge in [0.25, 0.3) is 5.91 Å². The predicted octanol–water partition coefficient (Wildman–Crippen LogP) is 6.19. The van der Waals surface area contributed by atoms with Crippen LogP contribution in [0.3, 0.4) is 0 Å². The van der Waals surface area contributed by atoms with Crippen molar-refractivity contribution >= 4 is 28.2 Å². The van der Waals surface area contributed by atoms with Gasteiger partial charge in [0.1, 0.15) is 0 Å². The molecule has 3 aromatic carbocycles. The molecule has 1 amide bonds. The summed E-state index contributed by atoms with van der Waals surface area (Å²) in [6, 6.07) is 21.2. The maximum Gasteiger partial charge on any atom is 0.252 e. The van der Waals surface area contributed by atoms with Crippen LogP contribution in [0.15, 0.2) is 66.9 Å². The molecule has 1 saturated heterocycles. The van der Waals surface area contributed by atoms with E-state index in [1.807, 2.05) is 26.0 Å². The molecule has 1 aliphatic rings. The van der Waals surface area contributed by atoms with Crippen molar-refractivity contribution in [3.63, 3.8) is 0 Å². The molecule has 8 heteroatoms. The number of hydrogen-bond donors (Lipinski definition) is 3. The molecule has 2 heterocycles. The van der Waals surface area contributed by atoms with E-state index in [0.29, 0.717) is 47.5 Å². The summed E-state index contributed by atoms with van der Waals surface area (Å²) < 4.78 is 11.7. The molecule has 0 radical (unpaired) electrons. The zero-order valence-electron chi connectivity index (χ0n) is 25.5. The number of amides is 1. The van der Waals surface area contributed by atoms with Crippen molar-refractivity contribution in [2.45, 2.75) is 59.2 Å². The average molecular weight is 582 g/mol. The number of nitrogens with two attached hydrogens (primary N) is 1. The Morgan fingerprint density at radius 2 is 1.70 bits per heavy atom. The number of nitrogens with zero attached hydrogens (tertiary/aromatic N) is 2. The fourth-order valence-corrected chi connectivity index (χ4v) is 5.92. The minimum Gasteiger partial charge on any atom is -0.490 e. The summed E-state index contributed by atoms with van der Waals surface area (Å²) in [5, 5.41) is 8.14. The molecule has 4 N–H and O–H groups in total. The molecule has 0 atom stereocenters. The number of likely N-dealkylation sites (tertiary alicyclic amines) is 1. The second kappa shape index (κ2) is 14.4. The summed E-state index contributed by atoms with van der Waals surface area (Å²) in [4.78, 5) is 19.6. The molecule has 1 aromatic heterocycles. The van der Waals surface area contributed by atoms with Crippen LogP contribution in [-0.4, -0.2) is 48.1 Å². The van der Waals surface area contributed by atoms with Crippen LogP contribution in [0.5, 0.6) is 11.5 Å². The van der Waals surface area contributed by atoms with E-state index in [4.69, 9.17) is 15.2 Å². The van der Waals surface area contributed by atoms with Crippen LogP contribution < -0.4 is 25.8 Å². The number of carbonyl (C=O) groups excluding carboxylic acids is 1. The highest BCUT2D eigenvalue weighted by Crippen LogP contribution is 2.38. The quantitative estimate of drug-likeness (QED) is 0.173. The SMILES string of the molecule is CCOc1cc2ncc(C(N)=O)c(Nc3cccc(CNC4CCN(Cc5ccccc5)CC4)c3CC)c2cc1OCC. The topological polar surface area (TPSA) is 102 Å². The third-order valence-electron chi connectivity index (χ3n) is 8.10. The molecule has 0 unspecified atom stereocenters. The molecular weight excluding hydrogens is 538 g/mol. The van der Waals surface area contributed by atoms with Crippen molar-refractivity contribution in [3.8, 4) is 11.5 Å². The number of primary amides is 1. The Morgan fingerprint density at radius 1 is 0.977 bits per heavy atom. The van der Waals surface area contributed by atoms with Crippen molar-refractivity contribution in [2.24, 2.45) is 5.73 Å². The minimum absolute atomic E-state index is 0.326. The van der Waals surface area contributed by atoms with Gasteiger partial charge < -0.3 is 25.8 Å². The van der Waals surface area contributed by atoms with Crippen LogP contribution in [0.2, 0.25) is 0 Å². The molecule has 226 valence electrons. The number of carbonyl (C=O) groups is 1. The standard InChI is InChI=1S/C35H43N5O3/c1-4-27-25(21-37-26-15-17-40(18-16-26)23-24-11-8-7-9-12-24)13-10-14-30(27)39-34-28-19-32(42-5-2)33(43-6-3)20-31(28)38-22-29(34)35(36)41/h7-14,19-20,22,26,37H,4-6,15-18,21,23H2,1-3H3,(H2,36,41)(H,38,39). The third-order valence-corrected chi connectivity index (χ3v) is 8.10. The Hall–Kier alpha value is -4.14. The molecular formula is C35H43N5O3. The van der Waals surface area contributed by atoms with E-state index in [0.717, 1.165) is 56.5 Å². The molecule has 8 nitrogen and oxygen atoms in total. The second-order valence-electron chi connectivity index (χ2n) is 10.9. The molecule has 43 heavy (non-hydrogen) atoms. The van der Waals surface area contributed by atoms with Gasteiger partial charge in [0, 0.05) is 42.5 Å². The first-order valence-electron chi connectivity index (χ1n) is 15.4. The number of aromatic nitrogens is 1. The lowest BCUT2D eigenvalue weighted by Gasteiger charge is -2.32. The molecule has 5 rings (SSSR count). The number of ether oxygens (including phenoxy) is 2. The Labute approximate surface area is 254 Å². The number of benzene rings is 3. The van der Waals surface area contributed by atoms with Crippen LogP contribution >= 0.6 is 0 Å². The first kappa shape index (κ1) is 30.3. The molecule has 4 aromatic rings. The van der Waals surface area contributed by atoms with Crippen molar-refractivity contribution in [2.75, 3.05) is 31.6 Å². The normalized spacial score (nSPS) is 14.1. The Kier molecular flexibility index (Phi) is 10.1. The van der Waals surface area contributed by atoms with Crippen LogP contribution in [0, 0.1) is 0 Å². The van der Waals surface area contributed by atoms with Gasteiger partial charge in [-0.05, 0) is 75.0 Å². The minimum atomic E-state index is -0.543. The largest absolute Gasteiger partial charge is 0.490 e. The van der Waals surface area contributed by atoms with Crippen LogP contribution in [0.1, 0.15) is 60.7 Å². The summed E-state index contributed by atoms with van der Waals surface area (Å²) in [6.45, 7) is 11.0. The smallest absolute Gasteiger partial charge is 0.252 e. The fourth-order valence-electron chi connectivity index (χ4n) is 5.92. The highest BCUT2D eigenvalue weighted by molar-refractivity contribution is 6.08. The first-order chi connectivity index (χ1) is 21.0. The van der Waals surface area contributed by atoms with E-state index in [2.05, 4.69) is 76.0 Å². The number of anilines is 2. The first-order valence-corrected chi connectivity index (χ1v) is 15.4. The zero-order chi connectivity index (χ0) is 30.2. The lowest BCUT2D eigenvalue weighted by molar-refractivity contribution is 0.100. The average Bonchev–Trinajstić information content (AvgIpc) is 3.02. The van der Waals surface area contributed by atoms with Gasteiger partial charge in [-0.2, -0.15) is 0 Å². The van der Waals surface area contributed by atoms with Gasteiger partial charge in [-0.3, -0.25) is 14.7 Å². The van der Waals surface area contributed by atoms with Gasteiger partial charge in [-0.15, -0.1) is 0 Å². The molecule has 0 saturated carbocycles. The van der Waals surface area contributed by atoms with Crippen LogP contribution in [-0.2, 0) is 19.5 Å². The van der Waals surface area contributed by atoms with Crippen molar-refractivity contribution in [3.05, 3.63) is 89.1 Å². The third kappa shape index (κ3) is 7.27. The van der Waals surface area contributed by atoms with E-state index in [-0.39, 0.29) is 0 Å². The van der Waals surface area contributed by atoms with Gasteiger partial charge in [-0.1, -0.05) is 49.4 Å². The number of nitrogens with one attached hydrogen (secondary N) is 2. The summed E-state index contributed by atoms with van der Waals surface area (Å²) in [6.07, 6.45) is 4.62. The van der Waals surface area contributed by atoms with E-state index >= 15 is 0 Å². The number of rotatable bonds is 13. The number of piperidine rings is 1. The van der Waals surface area contributed by atoms with Gasteiger partial charge >= 0.3 is 0 Å². The van der Waals surface area contributed by atoms with Crippen molar-refractivity contribution in [1.29, 1.82) is 0 Å². The lowest BCUT2D eigenvalue weighted by atomic mass is 9.99. The molecule has 0 aliphatic carbocycles. The summed E-state index contributed by atoms with van der Waals surface area (Å²) in [7, 11) is 0. The Balaban J connectivity index is 1.35. The van der Waals surface area contributed by atoms with Gasteiger partial charge in [-0.25, -0.2) is 0 Å². The van der Waals surface area contributed by atoms with Crippen LogP contribution in [0.25, 0.3) is 10.9 Å². The Morgan fingerprint density at radius 3 is 2.37 bits per heavy atom. The Bertz CT molecular complexity index is 1530. The monoisotopic (exact) mass is 581 g/mol. The van der Waals surface area contributed by atoms with Gasteiger partial charge in [0.05, 0.1) is 30.0 Å². The predicted molar refractivity (Wildman–Crippen MR) is 173 cm³/mol. The maximum atomic E-state index is 12.5.